The van der Waals surface area contributed by atoms with Gasteiger partial charge in [-0.1, -0.05) is 45.2 Å². The van der Waals surface area contributed by atoms with E-state index in [1.807, 2.05) is 19.1 Å². The Morgan fingerprint density at radius 2 is 1.80 bits per heavy atom. The highest BCUT2D eigenvalue weighted by Crippen LogP contribution is 2.24. The molecule has 0 saturated heterocycles. The second-order valence-electron chi connectivity index (χ2n) is 5.36. The zero-order chi connectivity index (χ0) is 15.0. The lowest BCUT2D eigenvalue weighted by molar-refractivity contribution is 0.593. The van der Waals surface area contributed by atoms with Gasteiger partial charge in [0, 0.05) is 6.04 Å². The largest absolute Gasteiger partial charge is 0.382 e. The van der Waals surface area contributed by atoms with E-state index in [-0.39, 0.29) is 5.75 Å². The molecule has 3 nitrogen and oxygen atoms in total. The van der Waals surface area contributed by atoms with Crippen LogP contribution >= 0.6 is 0 Å². The number of rotatable bonds is 9. The smallest absolute Gasteiger partial charge is 0.180 e. The molecule has 20 heavy (non-hydrogen) atoms. The average molecular weight is 297 g/mol. The van der Waals surface area contributed by atoms with Crippen LogP contribution in [0.5, 0.6) is 0 Å². The Morgan fingerprint density at radius 3 is 2.45 bits per heavy atom. The molecule has 0 aliphatic heterocycles. The summed E-state index contributed by atoms with van der Waals surface area (Å²) in [6.45, 7) is 6.19. The van der Waals surface area contributed by atoms with Crippen LogP contribution < -0.4 is 5.32 Å². The van der Waals surface area contributed by atoms with Crippen molar-refractivity contribution >= 4 is 15.5 Å². The highest BCUT2D eigenvalue weighted by molar-refractivity contribution is 7.91. The topological polar surface area (TPSA) is 46.2 Å². The van der Waals surface area contributed by atoms with Crippen molar-refractivity contribution in [1.29, 1.82) is 0 Å². The van der Waals surface area contributed by atoms with E-state index < -0.39 is 9.84 Å². The van der Waals surface area contributed by atoms with Crippen molar-refractivity contribution in [2.24, 2.45) is 0 Å². The van der Waals surface area contributed by atoms with Crippen molar-refractivity contribution in [2.45, 2.75) is 63.8 Å². The van der Waals surface area contributed by atoms with Gasteiger partial charge in [-0.2, -0.15) is 0 Å². The SMILES string of the molecule is CCCCCC(C)Nc1ccccc1S(=O)(=O)CCC. The Hall–Kier alpha value is -1.03. The Morgan fingerprint density at radius 1 is 1.10 bits per heavy atom. The summed E-state index contributed by atoms with van der Waals surface area (Å²) in [5, 5.41) is 3.35. The molecule has 0 aliphatic carbocycles. The Bertz CT molecular complexity index is 497. The van der Waals surface area contributed by atoms with Gasteiger partial charge in [0.1, 0.15) is 0 Å². The zero-order valence-corrected chi connectivity index (χ0v) is 13.7. The first-order chi connectivity index (χ1) is 9.51. The first kappa shape index (κ1) is 17.0. The summed E-state index contributed by atoms with van der Waals surface area (Å²) in [7, 11) is -3.17. The molecule has 0 aromatic heterocycles. The number of unbranched alkanes of at least 4 members (excludes halogenated alkanes) is 2. The van der Waals surface area contributed by atoms with Crippen LogP contribution in [0.15, 0.2) is 29.2 Å². The minimum Gasteiger partial charge on any atom is -0.382 e. The summed E-state index contributed by atoms with van der Waals surface area (Å²) >= 11 is 0. The number of benzene rings is 1. The summed E-state index contributed by atoms with van der Waals surface area (Å²) in [6.07, 6.45) is 5.31. The molecule has 0 spiro atoms. The molecule has 114 valence electrons. The number of hydrogen-bond acceptors (Lipinski definition) is 3. The number of hydrogen-bond donors (Lipinski definition) is 1. The van der Waals surface area contributed by atoms with Crippen LogP contribution in [0.4, 0.5) is 5.69 Å². The molecule has 0 bridgehead atoms. The highest BCUT2D eigenvalue weighted by atomic mass is 32.2. The third kappa shape index (κ3) is 5.16. The lowest BCUT2D eigenvalue weighted by Gasteiger charge is -2.18. The van der Waals surface area contributed by atoms with E-state index in [1.54, 1.807) is 12.1 Å². The van der Waals surface area contributed by atoms with Gasteiger partial charge in [-0.15, -0.1) is 0 Å². The fourth-order valence-electron chi connectivity index (χ4n) is 2.27. The first-order valence-corrected chi connectivity index (χ1v) is 9.24. The molecule has 1 atom stereocenters. The van der Waals surface area contributed by atoms with Gasteiger partial charge in [0.05, 0.1) is 16.3 Å². The molecule has 1 N–H and O–H groups in total. The number of para-hydroxylation sites is 1. The standard InChI is InChI=1S/C16H27NO2S/c1-4-6-7-10-14(3)17-15-11-8-9-12-16(15)20(18,19)13-5-2/h8-9,11-12,14,17H,4-7,10,13H2,1-3H3. The predicted molar refractivity (Wildman–Crippen MR) is 86.0 cm³/mol. The summed E-state index contributed by atoms with van der Waals surface area (Å²) in [5.74, 6) is 0.204. The van der Waals surface area contributed by atoms with Gasteiger partial charge in [-0.3, -0.25) is 0 Å². The molecule has 0 fully saturated rings. The number of anilines is 1. The fraction of sp³-hybridized carbons (Fsp3) is 0.625. The maximum atomic E-state index is 12.3. The molecule has 1 aromatic carbocycles. The molecule has 1 aromatic rings. The number of sulfone groups is 1. The molecule has 0 radical (unpaired) electrons. The summed E-state index contributed by atoms with van der Waals surface area (Å²) in [5.41, 5.74) is 0.741. The third-order valence-corrected chi connectivity index (χ3v) is 5.31. The van der Waals surface area contributed by atoms with Crippen LogP contribution in [-0.4, -0.2) is 20.2 Å². The van der Waals surface area contributed by atoms with Gasteiger partial charge in [-0.05, 0) is 31.9 Å². The van der Waals surface area contributed by atoms with E-state index in [9.17, 15) is 8.42 Å². The number of nitrogens with one attached hydrogen (secondary N) is 1. The van der Waals surface area contributed by atoms with Crippen molar-refractivity contribution in [2.75, 3.05) is 11.1 Å². The molecule has 1 unspecified atom stereocenters. The second kappa shape index (κ2) is 8.30. The van der Waals surface area contributed by atoms with E-state index in [1.165, 1.54) is 19.3 Å². The minimum atomic E-state index is -3.17. The van der Waals surface area contributed by atoms with Gasteiger partial charge in [0.2, 0.25) is 0 Å². The van der Waals surface area contributed by atoms with Crippen molar-refractivity contribution in [3.63, 3.8) is 0 Å². The van der Waals surface area contributed by atoms with E-state index in [4.69, 9.17) is 0 Å². The molecule has 0 saturated carbocycles. The molecule has 0 heterocycles. The van der Waals surface area contributed by atoms with Gasteiger partial charge in [-0.25, -0.2) is 8.42 Å². The van der Waals surface area contributed by atoms with Crippen molar-refractivity contribution in [1.82, 2.24) is 0 Å². The minimum absolute atomic E-state index is 0.204. The molecule has 0 amide bonds. The monoisotopic (exact) mass is 297 g/mol. The van der Waals surface area contributed by atoms with E-state index in [0.29, 0.717) is 17.4 Å². The molecule has 0 aliphatic rings. The zero-order valence-electron chi connectivity index (χ0n) is 12.9. The Labute approximate surface area is 123 Å². The molecule has 1 rings (SSSR count). The lowest BCUT2D eigenvalue weighted by atomic mass is 10.1. The van der Waals surface area contributed by atoms with E-state index >= 15 is 0 Å². The fourth-order valence-corrected chi connectivity index (χ4v) is 3.78. The van der Waals surface area contributed by atoms with Crippen LogP contribution in [0.1, 0.15) is 52.9 Å². The lowest BCUT2D eigenvalue weighted by Crippen LogP contribution is -2.18. The molecule has 4 heteroatoms. The summed E-state index contributed by atoms with van der Waals surface area (Å²) < 4.78 is 24.5. The van der Waals surface area contributed by atoms with Gasteiger partial charge >= 0.3 is 0 Å². The second-order valence-corrected chi connectivity index (χ2v) is 7.43. The maximum Gasteiger partial charge on any atom is 0.180 e. The van der Waals surface area contributed by atoms with Crippen molar-refractivity contribution < 1.29 is 8.42 Å². The van der Waals surface area contributed by atoms with Crippen molar-refractivity contribution in [3.05, 3.63) is 24.3 Å². The summed E-state index contributed by atoms with van der Waals surface area (Å²) in [4.78, 5) is 0.434. The first-order valence-electron chi connectivity index (χ1n) is 7.59. The van der Waals surface area contributed by atoms with Gasteiger partial charge in [0.15, 0.2) is 9.84 Å². The maximum absolute atomic E-state index is 12.3. The van der Waals surface area contributed by atoms with Crippen LogP contribution in [0, 0.1) is 0 Å². The van der Waals surface area contributed by atoms with Crippen LogP contribution in [0.2, 0.25) is 0 Å². The van der Waals surface area contributed by atoms with Gasteiger partial charge < -0.3 is 5.32 Å². The third-order valence-electron chi connectivity index (χ3n) is 3.34. The summed E-state index contributed by atoms with van der Waals surface area (Å²) in [6, 6.07) is 7.52. The van der Waals surface area contributed by atoms with Gasteiger partial charge in [0.25, 0.3) is 0 Å². The van der Waals surface area contributed by atoms with Crippen molar-refractivity contribution in [3.8, 4) is 0 Å². The normalized spacial score (nSPS) is 13.2. The molecular weight excluding hydrogens is 270 g/mol. The Balaban J connectivity index is 2.80. The van der Waals surface area contributed by atoms with Crippen LogP contribution in [-0.2, 0) is 9.84 Å². The van der Waals surface area contributed by atoms with Crippen LogP contribution in [0.3, 0.4) is 0 Å². The van der Waals surface area contributed by atoms with E-state index in [2.05, 4.69) is 19.2 Å². The average Bonchev–Trinajstić information content (AvgIpc) is 2.39. The highest BCUT2D eigenvalue weighted by Gasteiger charge is 2.18. The van der Waals surface area contributed by atoms with E-state index in [0.717, 1.165) is 12.1 Å². The Kier molecular flexibility index (Phi) is 7.06. The van der Waals surface area contributed by atoms with Crippen LogP contribution in [0.25, 0.3) is 0 Å². The predicted octanol–water partition coefficient (Wildman–Crippen LogP) is 4.25. The quantitative estimate of drug-likeness (QED) is 0.693. The molecular formula is C16H27NO2S.